The second-order valence-electron chi connectivity index (χ2n) is 6.98. The minimum atomic E-state index is -0.702. The third kappa shape index (κ3) is 6.19. The van der Waals surface area contributed by atoms with E-state index in [2.05, 4.69) is 26.0 Å². The molecule has 0 radical (unpaired) electrons. The number of halogens is 1. The number of anilines is 1. The molecule has 1 atom stereocenters. The first kappa shape index (κ1) is 22.1. The predicted molar refractivity (Wildman–Crippen MR) is 116 cm³/mol. The molecule has 8 nitrogen and oxygen atoms in total. The van der Waals surface area contributed by atoms with E-state index in [-0.39, 0.29) is 24.2 Å². The summed E-state index contributed by atoms with van der Waals surface area (Å²) in [6.45, 7) is 2.31. The van der Waals surface area contributed by atoms with Crippen molar-refractivity contribution in [2.75, 3.05) is 18.4 Å². The van der Waals surface area contributed by atoms with Gasteiger partial charge in [-0.2, -0.15) is 5.10 Å². The molecule has 0 fully saturated rings. The summed E-state index contributed by atoms with van der Waals surface area (Å²) in [6, 6.07) is 10.7. The van der Waals surface area contributed by atoms with Crippen molar-refractivity contribution >= 4 is 17.6 Å². The van der Waals surface area contributed by atoms with Crippen LogP contribution >= 0.6 is 0 Å². The minimum absolute atomic E-state index is 0.0131. The summed E-state index contributed by atoms with van der Waals surface area (Å²) in [7, 11) is 1.73. The summed E-state index contributed by atoms with van der Waals surface area (Å²) in [5.74, 6) is -0.364. The lowest BCUT2D eigenvalue weighted by Crippen LogP contribution is -2.46. The van der Waals surface area contributed by atoms with Gasteiger partial charge in [0.1, 0.15) is 11.6 Å². The molecule has 2 amide bonds. The van der Waals surface area contributed by atoms with Crippen molar-refractivity contribution < 1.29 is 14.0 Å². The van der Waals surface area contributed by atoms with E-state index in [1.807, 2.05) is 19.1 Å². The quantitative estimate of drug-likeness (QED) is 0.487. The molecule has 0 saturated heterocycles. The van der Waals surface area contributed by atoms with Gasteiger partial charge in [-0.3, -0.25) is 24.6 Å². The molecule has 2 aromatic heterocycles. The summed E-state index contributed by atoms with van der Waals surface area (Å²) in [5.41, 5.74) is 2.35. The van der Waals surface area contributed by atoms with E-state index in [0.717, 1.165) is 11.1 Å². The van der Waals surface area contributed by atoms with Crippen molar-refractivity contribution in [1.29, 1.82) is 0 Å². The van der Waals surface area contributed by atoms with Crippen LogP contribution in [0.5, 0.6) is 0 Å². The zero-order valence-electron chi connectivity index (χ0n) is 17.4. The van der Waals surface area contributed by atoms with Crippen molar-refractivity contribution in [2.24, 2.45) is 7.05 Å². The number of likely N-dealkylation sites (N-methyl/N-ethyl adjacent to an activating group) is 1. The van der Waals surface area contributed by atoms with Crippen LogP contribution in [0.2, 0.25) is 0 Å². The fraction of sp³-hybridized carbons (Fsp3) is 0.273. The average molecular weight is 424 g/mol. The molecular formula is C22H25FN6O2. The fourth-order valence-electron chi connectivity index (χ4n) is 3.05. The van der Waals surface area contributed by atoms with Crippen molar-refractivity contribution in [2.45, 2.75) is 19.4 Å². The lowest BCUT2D eigenvalue weighted by molar-refractivity contribution is -0.121. The van der Waals surface area contributed by atoms with Gasteiger partial charge in [0.15, 0.2) is 0 Å². The van der Waals surface area contributed by atoms with Crippen LogP contribution in [0.3, 0.4) is 0 Å². The molecule has 1 aromatic carbocycles. The molecule has 162 valence electrons. The Kier molecular flexibility index (Phi) is 7.45. The Hall–Kier alpha value is -3.59. The molecule has 3 N–H and O–H groups in total. The van der Waals surface area contributed by atoms with Gasteiger partial charge in [-0.1, -0.05) is 12.1 Å². The van der Waals surface area contributed by atoms with Crippen LogP contribution in [0, 0.1) is 5.82 Å². The number of rotatable bonds is 9. The summed E-state index contributed by atoms with van der Waals surface area (Å²) < 4.78 is 14.8. The van der Waals surface area contributed by atoms with Crippen LogP contribution < -0.4 is 16.0 Å². The highest BCUT2D eigenvalue weighted by Crippen LogP contribution is 2.20. The van der Waals surface area contributed by atoms with E-state index in [1.54, 1.807) is 42.3 Å². The first-order valence-electron chi connectivity index (χ1n) is 9.96. The molecule has 0 spiro atoms. The van der Waals surface area contributed by atoms with Crippen LogP contribution in [-0.2, 0) is 23.1 Å². The Bertz CT molecular complexity index is 1020. The number of carbonyl (C=O) groups excluding carboxylic acids is 2. The number of pyridine rings is 1. The summed E-state index contributed by atoms with van der Waals surface area (Å²) in [4.78, 5) is 28.9. The maximum absolute atomic E-state index is 13.2. The third-order valence-electron chi connectivity index (χ3n) is 4.66. The molecular weight excluding hydrogens is 399 g/mol. The highest BCUT2D eigenvalue weighted by atomic mass is 19.1. The second-order valence-corrected chi connectivity index (χ2v) is 6.98. The van der Waals surface area contributed by atoms with Gasteiger partial charge in [0, 0.05) is 37.6 Å². The first-order valence-corrected chi connectivity index (χ1v) is 9.96. The van der Waals surface area contributed by atoms with E-state index < -0.39 is 6.04 Å². The molecule has 2 heterocycles. The normalized spacial score (nSPS) is 11.7. The Morgan fingerprint density at radius 1 is 1.13 bits per heavy atom. The van der Waals surface area contributed by atoms with Crippen LogP contribution in [-0.4, -0.2) is 45.7 Å². The number of benzene rings is 1. The number of carbonyl (C=O) groups is 2. The minimum Gasteiger partial charge on any atom is -0.355 e. The van der Waals surface area contributed by atoms with Crippen LogP contribution in [0.1, 0.15) is 12.5 Å². The number of nitrogens with zero attached hydrogens (tertiary/aromatic N) is 3. The number of hydrogen-bond donors (Lipinski definition) is 3. The molecule has 9 heteroatoms. The maximum atomic E-state index is 13.2. The molecule has 31 heavy (non-hydrogen) atoms. The second kappa shape index (κ2) is 10.4. The Morgan fingerprint density at radius 3 is 2.52 bits per heavy atom. The predicted octanol–water partition coefficient (Wildman–Crippen LogP) is 1.90. The van der Waals surface area contributed by atoms with E-state index in [0.29, 0.717) is 24.5 Å². The summed E-state index contributed by atoms with van der Waals surface area (Å²) in [6.07, 6.45) is 3.64. The Balaban J connectivity index is 1.74. The van der Waals surface area contributed by atoms with Gasteiger partial charge < -0.3 is 10.6 Å². The molecule has 3 rings (SSSR count). The molecule has 0 saturated carbocycles. The van der Waals surface area contributed by atoms with Crippen molar-refractivity contribution in [3.63, 3.8) is 0 Å². The lowest BCUT2D eigenvalue weighted by Gasteiger charge is -2.18. The van der Waals surface area contributed by atoms with E-state index in [1.165, 1.54) is 12.1 Å². The number of hydrogen-bond acceptors (Lipinski definition) is 5. The SMILES string of the molecule is CCNC(=O)CN[C@@H](Cc1ccc(F)cc1)C(=O)Nc1cc(-c2ccncc2)nn1C. The standard InChI is InChI=1S/C22H25FN6O2/c1-3-25-21(30)14-26-19(12-15-4-6-17(23)7-5-15)22(31)27-20-13-18(28-29(20)2)16-8-10-24-11-9-16/h4-11,13,19,26H,3,12,14H2,1-2H3,(H,25,30)(H,27,31)/t19-/m0/s1. The number of amides is 2. The van der Waals surface area contributed by atoms with Crippen molar-refractivity contribution in [3.8, 4) is 11.3 Å². The molecule has 0 aliphatic carbocycles. The Labute approximate surface area is 179 Å². The van der Waals surface area contributed by atoms with Gasteiger partial charge in [-0.05, 0) is 43.2 Å². The van der Waals surface area contributed by atoms with Gasteiger partial charge in [-0.15, -0.1) is 0 Å². The van der Waals surface area contributed by atoms with Crippen molar-refractivity contribution in [3.05, 3.63) is 66.2 Å². The monoisotopic (exact) mass is 424 g/mol. The van der Waals surface area contributed by atoms with Crippen molar-refractivity contribution in [1.82, 2.24) is 25.4 Å². The topological polar surface area (TPSA) is 101 Å². The van der Waals surface area contributed by atoms with Crippen LogP contribution in [0.4, 0.5) is 10.2 Å². The highest BCUT2D eigenvalue weighted by Gasteiger charge is 2.21. The summed E-state index contributed by atoms with van der Waals surface area (Å²) >= 11 is 0. The first-order chi connectivity index (χ1) is 15.0. The van der Waals surface area contributed by atoms with Crippen LogP contribution in [0.15, 0.2) is 54.9 Å². The molecule has 0 bridgehead atoms. The molecule has 0 unspecified atom stereocenters. The molecule has 3 aromatic rings. The van der Waals surface area contributed by atoms with Crippen LogP contribution in [0.25, 0.3) is 11.3 Å². The highest BCUT2D eigenvalue weighted by molar-refractivity contribution is 5.95. The molecule has 0 aliphatic rings. The van der Waals surface area contributed by atoms with Gasteiger partial charge >= 0.3 is 0 Å². The average Bonchev–Trinajstić information content (AvgIpc) is 3.13. The van der Waals surface area contributed by atoms with Gasteiger partial charge in [0.2, 0.25) is 11.8 Å². The zero-order chi connectivity index (χ0) is 22.2. The lowest BCUT2D eigenvalue weighted by atomic mass is 10.0. The zero-order valence-corrected chi connectivity index (χ0v) is 17.4. The van der Waals surface area contributed by atoms with Gasteiger partial charge in [0.25, 0.3) is 0 Å². The number of aryl methyl sites for hydroxylation is 1. The van der Waals surface area contributed by atoms with E-state index >= 15 is 0 Å². The number of aromatic nitrogens is 3. The van der Waals surface area contributed by atoms with Gasteiger partial charge in [-0.25, -0.2) is 4.39 Å². The fourth-order valence-corrected chi connectivity index (χ4v) is 3.05. The van der Waals surface area contributed by atoms with E-state index in [9.17, 15) is 14.0 Å². The third-order valence-corrected chi connectivity index (χ3v) is 4.66. The Morgan fingerprint density at radius 2 is 1.84 bits per heavy atom. The van der Waals surface area contributed by atoms with E-state index in [4.69, 9.17) is 0 Å². The molecule has 0 aliphatic heterocycles. The summed E-state index contributed by atoms with van der Waals surface area (Å²) in [5, 5.41) is 13.0. The number of nitrogens with one attached hydrogen (secondary N) is 3. The maximum Gasteiger partial charge on any atom is 0.243 e. The largest absolute Gasteiger partial charge is 0.355 e. The smallest absolute Gasteiger partial charge is 0.243 e. The van der Waals surface area contributed by atoms with Gasteiger partial charge in [0.05, 0.1) is 18.3 Å².